The summed E-state index contributed by atoms with van der Waals surface area (Å²) < 4.78 is 0. The standard InChI is InChI=1S/C23H18N2O3/c26-21(24-14-16-7-3-1-4-8-16)18-11-12-19-20(13-18)23(28)25(22(19)27)15-17-9-5-2-6-10-17/h1-13H,14-15H2,(H,24,26). The number of hydrogen-bond acceptors (Lipinski definition) is 3. The van der Waals surface area contributed by atoms with Crippen LogP contribution in [-0.2, 0) is 13.1 Å². The maximum atomic E-state index is 12.7. The molecule has 0 radical (unpaired) electrons. The molecule has 3 aromatic rings. The Hall–Kier alpha value is -3.73. The predicted octanol–water partition coefficient (Wildman–Crippen LogP) is 3.41. The van der Waals surface area contributed by atoms with Gasteiger partial charge in [0.1, 0.15) is 0 Å². The van der Waals surface area contributed by atoms with Gasteiger partial charge >= 0.3 is 0 Å². The minimum atomic E-state index is -0.374. The Balaban J connectivity index is 1.51. The molecule has 0 aromatic heterocycles. The zero-order chi connectivity index (χ0) is 19.5. The number of hydrogen-bond donors (Lipinski definition) is 1. The Labute approximate surface area is 162 Å². The molecule has 3 amide bonds. The van der Waals surface area contributed by atoms with Crippen molar-refractivity contribution in [3.63, 3.8) is 0 Å². The summed E-state index contributed by atoms with van der Waals surface area (Å²) in [7, 11) is 0. The molecular formula is C23H18N2O3. The van der Waals surface area contributed by atoms with E-state index < -0.39 is 0 Å². The molecule has 1 aliphatic rings. The molecule has 138 valence electrons. The van der Waals surface area contributed by atoms with Crippen LogP contribution >= 0.6 is 0 Å². The first-order chi connectivity index (χ1) is 13.6. The van der Waals surface area contributed by atoms with Crippen molar-refractivity contribution in [2.24, 2.45) is 0 Å². The van der Waals surface area contributed by atoms with Gasteiger partial charge in [0, 0.05) is 12.1 Å². The minimum absolute atomic E-state index is 0.211. The van der Waals surface area contributed by atoms with Crippen molar-refractivity contribution in [3.05, 3.63) is 107 Å². The van der Waals surface area contributed by atoms with Crippen LogP contribution in [-0.4, -0.2) is 22.6 Å². The molecule has 0 bridgehead atoms. The SMILES string of the molecule is O=C(NCc1ccccc1)c1ccc2c(c1)C(=O)N(Cc1ccccc1)C2=O. The summed E-state index contributed by atoms with van der Waals surface area (Å²) in [4.78, 5) is 39.0. The average Bonchev–Trinajstić information content (AvgIpc) is 2.98. The van der Waals surface area contributed by atoms with E-state index in [-0.39, 0.29) is 29.8 Å². The van der Waals surface area contributed by atoms with Crippen LogP contribution in [0.3, 0.4) is 0 Å². The van der Waals surface area contributed by atoms with Crippen LogP contribution < -0.4 is 5.32 Å². The van der Waals surface area contributed by atoms with Crippen molar-refractivity contribution in [2.45, 2.75) is 13.1 Å². The second-order valence-electron chi connectivity index (χ2n) is 6.61. The third-order valence-electron chi connectivity index (χ3n) is 4.71. The summed E-state index contributed by atoms with van der Waals surface area (Å²) in [6.07, 6.45) is 0. The van der Waals surface area contributed by atoms with Crippen LogP contribution in [0, 0.1) is 0 Å². The van der Waals surface area contributed by atoms with E-state index in [9.17, 15) is 14.4 Å². The van der Waals surface area contributed by atoms with E-state index in [1.165, 1.54) is 11.0 Å². The van der Waals surface area contributed by atoms with Gasteiger partial charge in [0.25, 0.3) is 17.7 Å². The number of nitrogens with zero attached hydrogens (tertiary/aromatic N) is 1. The quantitative estimate of drug-likeness (QED) is 0.700. The highest BCUT2D eigenvalue weighted by Crippen LogP contribution is 2.25. The van der Waals surface area contributed by atoms with Gasteiger partial charge in [-0.15, -0.1) is 0 Å². The lowest BCUT2D eigenvalue weighted by molar-refractivity contribution is 0.0642. The number of rotatable bonds is 5. The molecule has 28 heavy (non-hydrogen) atoms. The maximum absolute atomic E-state index is 12.7. The van der Waals surface area contributed by atoms with E-state index in [1.807, 2.05) is 60.7 Å². The molecule has 1 N–H and O–H groups in total. The molecule has 1 heterocycles. The lowest BCUT2D eigenvalue weighted by Gasteiger charge is -2.13. The van der Waals surface area contributed by atoms with E-state index in [4.69, 9.17) is 0 Å². The summed E-state index contributed by atoms with van der Waals surface area (Å²) in [5.41, 5.74) is 2.82. The van der Waals surface area contributed by atoms with Crippen molar-refractivity contribution in [1.29, 1.82) is 0 Å². The smallest absolute Gasteiger partial charge is 0.261 e. The molecule has 0 atom stereocenters. The summed E-state index contributed by atoms with van der Waals surface area (Å²) >= 11 is 0. The van der Waals surface area contributed by atoms with E-state index >= 15 is 0 Å². The molecule has 0 saturated carbocycles. The van der Waals surface area contributed by atoms with E-state index in [2.05, 4.69) is 5.32 Å². The fourth-order valence-electron chi connectivity index (χ4n) is 3.22. The van der Waals surface area contributed by atoms with Crippen LogP contribution in [0.2, 0.25) is 0 Å². The lowest BCUT2D eigenvalue weighted by atomic mass is 10.1. The fraction of sp³-hybridized carbons (Fsp3) is 0.0870. The Morgan fingerprint density at radius 3 is 2.04 bits per heavy atom. The Morgan fingerprint density at radius 1 is 0.750 bits per heavy atom. The molecule has 1 aliphatic heterocycles. The molecule has 5 heteroatoms. The highest BCUT2D eigenvalue weighted by molar-refractivity contribution is 6.22. The molecule has 0 unspecified atom stereocenters. The summed E-state index contributed by atoms with van der Waals surface area (Å²) in [5.74, 6) is -0.991. The molecule has 5 nitrogen and oxygen atoms in total. The molecule has 0 aliphatic carbocycles. The highest BCUT2D eigenvalue weighted by Gasteiger charge is 2.35. The molecule has 0 spiro atoms. The first-order valence-corrected chi connectivity index (χ1v) is 9.00. The average molecular weight is 370 g/mol. The predicted molar refractivity (Wildman–Crippen MR) is 105 cm³/mol. The van der Waals surface area contributed by atoms with Gasteiger partial charge in [-0.3, -0.25) is 19.3 Å². The summed E-state index contributed by atoms with van der Waals surface area (Å²) in [6, 6.07) is 23.5. The number of benzene rings is 3. The van der Waals surface area contributed by atoms with Crippen molar-refractivity contribution in [2.75, 3.05) is 0 Å². The minimum Gasteiger partial charge on any atom is -0.348 e. The largest absolute Gasteiger partial charge is 0.348 e. The van der Waals surface area contributed by atoms with Crippen LogP contribution in [0.1, 0.15) is 42.2 Å². The Kier molecular flexibility index (Phi) is 4.72. The van der Waals surface area contributed by atoms with Gasteiger partial charge < -0.3 is 5.32 Å². The normalized spacial score (nSPS) is 12.8. The third-order valence-corrected chi connectivity index (χ3v) is 4.71. The number of carbonyl (C=O) groups excluding carboxylic acids is 3. The summed E-state index contributed by atoms with van der Waals surface area (Å²) in [6.45, 7) is 0.604. The van der Waals surface area contributed by atoms with Crippen molar-refractivity contribution >= 4 is 17.7 Å². The Bertz CT molecular complexity index is 1050. The lowest BCUT2D eigenvalue weighted by Crippen LogP contribution is -2.29. The van der Waals surface area contributed by atoms with Gasteiger partial charge in [-0.25, -0.2) is 0 Å². The number of nitrogens with one attached hydrogen (secondary N) is 1. The second kappa shape index (κ2) is 7.48. The first kappa shape index (κ1) is 17.7. The molecule has 4 rings (SSSR count). The number of fused-ring (bicyclic) bond motifs is 1. The third kappa shape index (κ3) is 3.42. The van der Waals surface area contributed by atoms with Crippen molar-refractivity contribution in [3.8, 4) is 0 Å². The molecule has 3 aromatic carbocycles. The number of amides is 3. The van der Waals surface area contributed by atoms with Gasteiger partial charge in [-0.05, 0) is 29.3 Å². The molecular weight excluding hydrogens is 352 g/mol. The zero-order valence-corrected chi connectivity index (χ0v) is 15.1. The van der Waals surface area contributed by atoms with Crippen LogP contribution in [0.4, 0.5) is 0 Å². The fourth-order valence-corrected chi connectivity index (χ4v) is 3.22. The van der Waals surface area contributed by atoms with E-state index in [0.29, 0.717) is 17.7 Å². The molecule has 0 saturated heterocycles. The Morgan fingerprint density at radius 2 is 1.36 bits per heavy atom. The number of carbonyl (C=O) groups is 3. The van der Waals surface area contributed by atoms with Gasteiger partial charge in [0.2, 0.25) is 0 Å². The van der Waals surface area contributed by atoms with E-state index in [1.54, 1.807) is 12.1 Å². The zero-order valence-electron chi connectivity index (χ0n) is 15.1. The van der Waals surface area contributed by atoms with Gasteiger partial charge in [-0.2, -0.15) is 0 Å². The summed E-state index contributed by atoms with van der Waals surface area (Å²) in [5, 5.41) is 2.83. The maximum Gasteiger partial charge on any atom is 0.261 e. The van der Waals surface area contributed by atoms with Gasteiger partial charge in [-0.1, -0.05) is 60.7 Å². The van der Waals surface area contributed by atoms with Gasteiger partial charge in [0.15, 0.2) is 0 Å². The van der Waals surface area contributed by atoms with Crippen LogP contribution in [0.25, 0.3) is 0 Å². The highest BCUT2D eigenvalue weighted by atomic mass is 16.2. The second-order valence-corrected chi connectivity index (χ2v) is 6.61. The monoisotopic (exact) mass is 370 g/mol. The van der Waals surface area contributed by atoms with Crippen LogP contribution in [0.5, 0.6) is 0 Å². The van der Waals surface area contributed by atoms with E-state index in [0.717, 1.165) is 11.1 Å². The van der Waals surface area contributed by atoms with Gasteiger partial charge in [0.05, 0.1) is 17.7 Å². The topological polar surface area (TPSA) is 66.5 Å². The first-order valence-electron chi connectivity index (χ1n) is 9.00. The number of imide groups is 1. The van der Waals surface area contributed by atoms with Crippen molar-refractivity contribution in [1.82, 2.24) is 10.2 Å². The van der Waals surface area contributed by atoms with Crippen LogP contribution in [0.15, 0.2) is 78.9 Å². The van der Waals surface area contributed by atoms with Crippen molar-refractivity contribution < 1.29 is 14.4 Å². The molecule has 0 fully saturated rings.